The Bertz CT molecular complexity index is 778. The van der Waals surface area contributed by atoms with Crippen LogP contribution < -0.4 is 5.19 Å². The Hall–Kier alpha value is -1.19. The van der Waals surface area contributed by atoms with Gasteiger partial charge < -0.3 is 5.11 Å². The second kappa shape index (κ2) is 7.91. The van der Waals surface area contributed by atoms with E-state index in [-0.39, 0.29) is 15.5 Å². The van der Waals surface area contributed by atoms with Crippen LogP contribution in [0.5, 0.6) is 5.75 Å². The van der Waals surface area contributed by atoms with Crippen molar-refractivity contribution in [2.75, 3.05) is 5.38 Å². The number of benzene rings is 2. The lowest BCUT2D eigenvalue weighted by atomic mass is 9.86. The molecule has 154 valence electrons. The first-order valence-corrected chi connectivity index (χ1v) is 13.4. The third kappa shape index (κ3) is 4.51. The zero-order chi connectivity index (χ0) is 21.4. The third-order valence-corrected chi connectivity index (χ3v) is 15.4. The summed E-state index contributed by atoms with van der Waals surface area (Å²) >= 11 is 1.97. The minimum Gasteiger partial charge on any atom is -0.508 e. The molecule has 2 rings (SSSR count). The van der Waals surface area contributed by atoms with Crippen molar-refractivity contribution in [2.45, 2.75) is 82.7 Å². The molecule has 0 amide bonds. The Labute approximate surface area is 178 Å². The second-order valence-electron chi connectivity index (χ2n) is 11.0. The molecule has 2 aromatic carbocycles. The predicted octanol–water partition coefficient (Wildman–Crippen LogP) is 7.28. The van der Waals surface area contributed by atoms with Gasteiger partial charge in [0.1, 0.15) is 13.8 Å². The first-order valence-electron chi connectivity index (χ1n) is 10.2. The van der Waals surface area contributed by atoms with Gasteiger partial charge in [0.2, 0.25) is 0 Å². The fourth-order valence-corrected chi connectivity index (χ4v) is 15.4. The summed E-state index contributed by atoms with van der Waals surface area (Å²) in [6, 6.07) is 17.3. The van der Waals surface area contributed by atoms with Crippen molar-refractivity contribution in [3.05, 3.63) is 54.1 Å². The molecule has 28 heavy (non-hydrogen) atoms. The van der Waals surface area contributed by atoms with Crippen LogP contribution in [0.4, 0.5) is 0 Å². The van der Waals surface area contributed by atoms with Crippen LogP contribution in [0.25, 0.3) is 0 Å². The largest absolute Gasteiger partial charge is 0.508 e. The Morgan fingerprint density at radius 3 is 1.79 bits per heavy atom. The summed E-state index contributed by atoms with van der Waals surface area (Å²) in [5.41, 5.74) is 0.957. The first kappa shape index (κ1) is 23.1. The molecule has 0 bridgehead atoms. The Kier molecular flexibility index (Phi) is 6.52. The molecule has 0 atom stereocenters. The maximum absolute atomic E-state index is 10.3. The Morgan fingerprint density at radius 1 is 0.786 bits per heavy atom. The van der Waals surface area contributed by atoms with Crippen molar-refractivity contribution >= 4 is 25.0 Å². The molecule has 0 unspecified atom stereocenters. The number of hydrogen-bond donors (Lipinski definition) is 1. The van der Waals surface area contributed by atoms with E-state index < -0.39 is 8.07 Å². The quantitative estimate of drug-likeness (QED) is 0.419. The number of hydrogen-bond acceptors (Lipinski definition) is 2. The van der Waals surface area contributed by atoms with Crippen LogP contribution in [0, 0.1) is 0 Å². The Morgan fingerprint density at radius 2 is 1.32 bits per heavy atom. The van der Waals surface area contributed by atoms with Crippen LogP contribution in [0.3, 0.4) is 0 Å². The standard InChI is InChI=1S/C25H38OSSi/c1-23(2,3)21-17-19(15-16-22(21)26)27-18-28(24(4,5)6,25(7,8)9)20-13-11-10-12-14-20/h10-17,26H,18H2,1-9H3. The molecule has 1 N–H and O–H groups in total. The normalized spacial score (nSPS) is 13.6. The highest BCUT2D eigenvalue weighted by Crippen LogP contribution is 2.52. The van der Waals surface area contributed by atoms with Crippen molar-refractivity contribution in [1.82, 2.24) is 0 Å². The molecule has 1 nitrogen and oxygen atoms in total. The van der Waals surface area contributed by atoms with Crippen LogP contribution in [-0.4, -0.2) is 18.6 Å². The number of rotatable bonds is 4. The molecule has 0 aliphatic heterocycles. The van der Waals surface area contributed by atoms with E-state index in [1.54, 1.807) is 0 Å². The van der Waals surface area contributed by atoms with Gasteiger partial charge in [-0.3, -0.25) is 0 Å². The topological polar surface area (TPSA) is 20.2 Å². The van der Waals surface area contributed by atoms with Gasteiger partial charge in [-0.2, -0.15) is 0 Å². The summed E-state index contributed by atoms with van der Waals surface area (Å²) < 4.78 is 0. The van der Waals surface area contributed by atoms with Gasteiger partial charge in [0, 0.05) is 10.5 Å². The van der Waals surface area contributed by atoms with Crippen LogP contribution in [0.1, 0.15) is 67.9 Å². The van der Waals surface area contributed by atoms with Crippen LogP contribution in [-0.2, 0) is 5.41 Å². The van der Waals surface area contributed by atoms with Gasteiger partial charge in [-0.05, 0) is 39.1 Å². The average molecular weight is 415 g/mol. The molecule has 2 aromatic rings. The van der Waals surface area contributed by atoms with E-state index in [4.69, 9.17) is 0 Å². The van der Waals surface area contributed by atoms with Gasteiger partial charge in [0.25, 0.3) is 0 Å². The average Bonchev–Trinajstić information content (AvgIpc) is 2.54. The van der Waals surface area contributed by atoms with Crippen LogP contribution >= 0.6 is 11.8 Å². The summed E-state index contributed by atoms with van der Waals surface area (Å²) in [4.78, 5) is 1.25. The lowest BCUT2D eigenvalue weighted by Gasteiger charge is -2.52. The predicted molar refractivity (Wildman–Crippen MR) is 129 cm³/mol. The molecule has 0 fully saturated rings. The summed E-state index contributed by atoms with van der Waals surface area (Å²) in [6.45, 7) is 21.0. The van der Waals surface area contributed by atoms with Crippen molar-refractivity contribution in [3.63, 3.8) is 0 Å². The first-order chi connectivity index (χ1) is 12.7. The summed E-state index contributed by atoms with van der Waals surface area (Å²) in [6.07, 6.45) is 0. The second-order valence-corrected chi connectivity index (χ2v) is 18.3. The van der Waals surface area contributed by atoms with E-state index >= 15 is 0 Å². The summed E-state index contributed by atoms with van der Waals surface area (Å²) in [5, 5.41) is 13.4. The molecule has 0 aliphatic carbocycles. The minimum absolute atomic E-state index is 0.0668. The number of phenols is 1. The maximum atomic E-state index is 10.3. The molecular formula is C25H38OSSi. The molecule has 3 heteroatoms. The molecule has 0 spiro atoms. The molecule has 0 saturated heterocycles. The van der Waals surface area contributed by atoms with E-state index in [0.717, 1.165) is 10.9 Å². The van der Waals surface area contributed by atoms with Crippen LogP contribution in [0.15, 0.2) is 53.4 Å². The molecule has 0 heterocycles. The Balaban J connectivity index is 2.51. The monoisotopic (exact) mass is 414 g/mol. The van der Waals surface area contributed by atoms with E-state index in [1.807, 2.05) is 17.8 Å². The van der Waals surface area contributed by atoms with Gasteiger partial charge in [-0.15, -0.1) is 11.8 Å². The van der Waals surface area contributed by atoms with Crippen molar-refractivity contribution < 1.29 is 5.11 Å². The van der Waals surface area contributed by atoms with Gasteiger partial charge >= 0.3 is 0 Å². The van der Waals surface area contributed by atoms with Crippen LogP contribution in [0.2, 0.25) is 10.1 Å². The highest BCUT2D eigenvalue weighted by Gasteiger charge is 2.53. The van der Waals surface area contributed by atoms with Crippen molar-refractivity contribution in [1.29, 1.82) is 0 Å². The number of phenolic OH excluding ortho intramolecular Hbond substituents is 1. The zero-order valence-corrected chi connectivity index (χ0v) is 21.0. The van der Waals surface area contributed by atoms with Gasteiger partial charge in [-0.25, -0.2) is 0 Å². The SMILES string of the molecule is CC(C)(C)c1cc(SC[Si](c2ccccc2)(C(C)(C)C)C(C)(C)C)ccc1O. The summed E-state index contributed by atoms with van der Waals surface area (Å²) in [5.74, 6) is 0.398. The smallest absolute Gasteiger partial charge is 0.119 e. The molecule has 0 saturated carbocycles. The lowest BCUT2D eigenvalue weighted by Crippen LogP contribution is -2.63. The van der Waals surface area contributed by atoms with Crippen molar-refractivity contribution in [3.8, 4) is 5.75 Å². The van der Waals surface area contributed by atoms with E-state index in [1.165, 1.54) is 10.1 Å². The molecule has 0 aliphatic rings. The highest BCUT2D eigenvalue weighted by molar-refractivity contribution is 8.01. The summed E-state index contributed by atoms with van der Waals surface area (Å²) in [7, 11) is -1.93. The fourth-order valence-electron chi connectivity index (χ4n) is 4.63. The van der Waals surface area contributed by atoms with E-state index in [9.17, 15) is 5.11 Å². The minimum atomic E-state index is -1.93. The molecule has 0 aromatic heterocycles. The van der Waals surface area contributed by atoms with Gasteiger partial charge in [0.05, 0.1) is 0 Å². The third-order valence-electron chi connectivity index (χ3n) is 6.06. The molecule has 0 radical (unpaired) electrons. The highest BCUT2D eigenvalue weighted by atomic mass is 32.2. The van der Waals surface area contributed by atoms with E-state index in [0.29, 0.717) is 5.75 Å². The number of thioether (sulfide) groups is 1. The fraction of sp³-hybridized carbons (Fsp3) is 0.520. The zero-order valence-electron chi connectivity index (χ0n) is 19.2. The maximum Gasteiger partial charge on any atom is 0.119 e. The van der Waals surface area contributed by atoms with Crippen molar-refractivity contribution in [2.24, 2.45) is 0 Å². The van der Waals surface area contributed by atoms with E-state index in [2.05, 4.69) is 105 Å². The van der Waals surface area contributed by atoms with Gasteiger partial charge in [0.15, 0.2) is 0 Å². The lowest BCUT2D eigenvalue weighted by molar-refractivity contribution is 0.446. The molecular weight excluding hydrogens is 376 g/mol. The van der Waals surface area contributed by atoms with Gasteiger partial charge in [-0.1, -0.05) is 97.8 Å². The number of aromatic hydroxyl groups is 1.